The summed E-state index contributed by atoms with van der Waals surface area (Å²) >= 11 is 3.47. The van der Waals surface area contributed by atoms with Crippen LogP contribution in [0.15, 0.2) is 102 Å². The van der Waals surface area contributed by atoms with Gasteiger partial charge in [-0.2, -0.15) is 0 Å². The van der Waals surface area contributed by atoms with E-state index < -0.39 is 5.97 Å². The van der Waals surface area contributed by atoms with E-state index in [2.05, 4.69) is 39.5 Å². The molecular formula is C33H33BrN2O3. The number of urea groups is 1. The zero-order valence-corrected chi connectivity index (χ0v) is 23.6. The Morgan fingerprint density at radius 3 is 2.33 bits per heavy atom. The van der Waals surface area contributed by atoms with Crippen molar-refractivity contribution in [3.63, 3.8) is 0 Å². The zero-order valence-electron chi connectivity index (χ0n) is 22.0. The second kappa shape index (κ2) is 13.8. The lowest BCUT2D eigenvalue weighted by Crippen LogP contribution is -2.40. The van der Waals surface area contributed by atoms with E-state index in [9.17, 15) is 9.59 Å². The molecule has 39 heavy (non-hydrogen) atoms. The summed E-state index contributed by atoms with van der Waals surface area (Å²) in [6.07, 6.45) is 13.1. The maximum atomic E-state index is 13.6. The van der Waals surface area contributed by atoms with Crippen LogP contribution in [-0.4, -0.2) is 17.1 Å². The summed E-state index contributed by atoms with van der Waals surface area (Å²) < 4.78 is 0.996. The van der Waals surface area contributed by atoms with E-state index >= 15 is 0 Å². The SMILES string of the molecule is CC(NC(=O)N(Cc1ccc(C=CC=CC(=O)O)cc1)c1ccc(C2=CCCCC2)cc1)c1ccc(Br)cc1. The van der Waals surface area contributed by atoms with Gasteiger partial charge in [0.1, 0.15) is 0 Å². The fraction of sp³-hybridized carbons (Fsp3) is 0.212. The van der Waals surface area contributed by atoms with Crippen LogP contribution in [0.3, 0.4) is 0 Å². The molecular weight excluding hydrogens is 552 g/mol. The molecule has 0 saturated carbocycles. The number of nitrogens with one attached hydrogen (secondary N) is 1. The number of amides is 2. The topological polar surface area (TPSA) is 69.6 Å². The van der Waals surface area contributed by atoms with E-state index in [0.717, 1.165) is 45.8 Å². The van der Waals surface area contributed by atoms with Gasteiger partial charge >= 0.3 is 12.0 Å². The normalized spacial score (nSPS) is 14.3. The van der Waals surface area contributed by atoms with Crippen LogP contribution in [0.2, 0.25) is 0 Å². The molecule has 4 rings (SSSR count). The molecule has 1 aliphatic carbocycles. The van der Waals surface area contributed by atoms with Gasteiger partial charge in [0.15, 0.2) is 0 Å². The van der Waals surface area contributed by atoms with Crippen molar-refractivity contribution in [2.45, 2.75) is 45.2 Å². The van der Waals surface area contributed by atoms with E-state index in [1.54, 1.807) is 11.0 Å². The van der Waals surface area contributed by atoms with Crippen LogP contribution in [0.1, 0.15) is 60.9 Å². The molecule has 0 spiro atoms. The molecule has 5 nitrogen and oxygen atoms in total. The Kier molecular flexibility index (Phi) is 9.92. The molecule has 0 heterocycles. The van der Waals surface area contributed by atoms with Gasteiger partial charge < -0.3 is 10.4 Å². The maximum Gasteiger partial charge on any atom is 0.328 e. The minimum atomic E-state index is -0.980. The predicted molar refractivity (Wildman–Crippen MR) is 162 cm³/mol. The number of rotatable bonds is 9. The lowest BCUT2D eigenvalue weighted by molar-refractivity contribution is -0.131. The summed E-state index contributed by atoms with van der Waals surface area (Å²) in [6.45, 7) is 2.39. The number of halogens is 1. The number of carbonyl (C=O) groups is 2. The zero-order chi connectivity index (χ0) is 27.6. The first-order valence-corrected chi connectivity index (χ1v) is 14.0. The molecule has 3 aromatic rings. The molecule has 6 heteroatoms. The molecule has 0 radical (unpaired) electrons. The highest BCUT2D eigenvalue weighted by Gasteiger charge is 2.19. The Morgan fingerprint density at radius 1 is 0.974 bits per heavy atom. The molecule has 0 aliphatic heterocycles. The first-order valence-electron chi connectivity index (χ1n) is 13.2. The number of carboxylic acids is 1. The number of carbonyl (C=O) groups excluding carboxylic acids is 1. The summed E-state index contributed by atoms with van der Waals surface area (Å²) in [7, 11) is 0. The van der Waals surface area contributed by atoms with Crippen molar-refractivity contribution in [3.05, 3.63) is 124 Å². The van der Waals surface area contributed by atoms with Crippen molar-refractivity contribution in [1.29, 1.82) is 0 Å². The van der Waals surface area contributed by atoms with Gasteiger partial charge in [-0.05, 0) is 84.7 Å². The molecule has 0 aromatic heterocycles. The van der Waals surface area contributed by atoms with Gasteiger partial charge in [-0.3, -0.25) is 4.90 Å². The van der Waals surface area contributed by atoms with Gasteiger partial charge in [0, 0.05) is 16.2 Å². The number of aliphatic carboxylic acids is 1. The monoisotopic (exact) mass is 584 g/mol. The van der Waals surface area contributed by atoms with Crippen molar-refractivity contribution in [1.82, 2.24) is 5.32 Å². The van der Waals surface area contributed by atoms with E-state index in [0.29, 0.717) is 6.54 Å². The number of hydrogen-bond donors (Lipinski definition) is 2. The summed E-state index contributed by atoms with van der Waals surface area (Å²) in [5.41, 5.74) is 6.39. The number of nitrogens with zero attached hydrogens (tertiary/aromatic N) is 1. The predicted octanol–water partition coefficient (Wildman–Crippen LogP) is 8.54. The van der Waals surface area contributed by atoms with Crippen LogP contribution in [0, 0.1) is 0 Å². The van der Waals surface area contributed by atoms with E-state index in [-0.39, 0.29) is 12.1 Å². The highest BCUT2D eigenvalue weighted by atomic mass is 79.9. The highest BCUT2D eigenvalue weighted by Crippen LogP contribution is 2.29. The third-order valence-electron chi connectivity index (χ3n) is 6.75. The second-order valence-electron chi connectivity index (χ2n) is 9.63. The standard InChI is InChI=1S/C33H33BrN2O3/c1-24(27-15-19-30(34)20-16-27)35-33(39)36(31-21-17-29(18-22-31)28-8-3-2-4-9-28)23-26-13-11-25(12-14-26)7-5-6-10-32(37)38/h5-8,10-22,24H,2-4,9,23H2,1H3,(H,35,39)(H,37,38). The second-order valence-corrected chi connectivity index (χ2v) is 10.5. The van der Waals surface area contributed by atoms with Gasteiger partial charge in [-0.15, -0.1) is 0 Å². The lowest BCUT2D eigenvalue weighted by atomic mass is 9.93. The molecule has 0 fully saturated rings. The Labute approximate surface area is 238 Å². The van der Waals surface area contributed by atoms with Crippen molar-refractivity contribution < 1.29 is 14.7 Å². The van der Waals surface area contributed by atoms with Crippen LogP contribution in [0.5, 0.6) is 0 Å². The van der Waals surface area contributed by atoms with Crippen LogP contribution in [-0.2, 0) is 11.3 Å². The third-order valence-corrected chi connectivity index (χ3v) is 7.28. The van der Waals surface area contributed by atoms with Crippen LogP contribution in [0.4, 0.5) is 10.5 Å². The summed E-state index contributed by atoms with van der Waals surface area (Å²) in [5.74, 6) is -0.980. The van der Waals surface area contributed by atoms with Gasteiger partial charge in [0.25, 0.3) is 0 Å². The van der Waals surface area contributed by atoms with Crippen molar-refractivity contribution in [2.75, 3.05) is 4.90 Å². The maximum absolute atomic E-state index is 13.6. The third kappa shape index (κ3) is 8.29. The minimum Gasteiger partial charge on any atom is -0.478 e. The quantitative estimate of drug-likeness (QED) is 0.195. The molecule has 2 N–H and O–H groups in total. The first kappa shape index (κ1) is 28.1. The van der Waals surface area contributed by atoms with Gasteiger partial charge in [-0.1, -0.05) is 88.8 Å². The molecule has 1 unspecified atom stereocenters. The van der Waals surface area contributed by atoms with Crippen molar-refractivity contribution >= 4 is 45.3 Å². The lowest BCUT2D eigenvalue weighted by Gasteiger charge is -2.26. The number of allylic oxidation sites excluding steroid dienone is 4. The van der Waals surface area contributed by atoms with Crippen LogP contribution < -0.4 is 10.2 Å². The number of benzene rings is 3. The van der Waals surface area contributed by atoms with Gasteiger partial charge in [0.05, 0.1) is 12.6 Å². The van der Waals surface area contributed by atoms with E-state index in [1.165, 1.54) is 30.1 Å². The van der Waals surface area contributed by atoms with E-state index in [4.69, 9.17) is 5.11 Å². The minimum absolute atomic E-state index is 0.161. The fourth-order valence-corrected chi connectivity index (χ4v) is 4.82. The van der Waals surface area contributed by atoms with Crippen molar-refractivity contribution in [2.24, 2.45) is 0 Å². The largest absolute Gasteiger partial charge is 0.478 e. The summed E-state index contributed by atoms with van der Waals surface area (Å²) in [5, 5.41) is 11.9. The molecule has 3 aromatic carbocycles. The Morgan fingerprint density at radius 2 is 1.69 bits per heavy atom. The average Bonchev–Trinajstić information content (AvgIpc) is 2.95. The number of anilines is 1. The Hall–Kier alpha value is -3.90. The van der Waals surface area contributed by atoms with Crippen molar-refractivity contribution in [3.8, 4) is 0 Å². The highest BCUT2D eigenvalue weighted by molar-refractivity contribution is 9.10. The number of carboxylic acid groups (broad SMARTS) is 1. The molecule has 2 amide bonds. The van der Waals surface area contributed by atoms with Crippen LogP contribution >= 0.6 is 15.9 Å². The molecule has 1 atom stereocenters. The number of hydrogen-bond acceptors (Lipinski definition) is 2. The average molecular weight is 586 g/mol. The smallest absolute Gasteiger partial charge is 0.328 e. The van der Waals surface area contributed by atoms with Crippen LogP contribution in [0.25, 0.3) is 11.6 Å². The van der Waals surface area contributed by atoms with E-state index in [1.807, 2.05) is 73.7 Å². The first-order chi connectivity index (χ1) is 18.9. The Balaban J connectivity index is 1.54. The summed E-state index contributed by atoms with van der Waals surface area (Å²) in [6, 6.07) is 23.8. The van der Waals surface area contributed by atoms with Gasteiger partial charge in [0.2, 0.25) is 0 Å². The molecule has 0 bridgehead atoms. The van der Waals surface area contributed by atoms with Gasteiger partial charge in [-0.25, -0.2) is 9.59 Å². The summed E-state index contributed by atoms with van der Waals surface area (Å²) in [4.78, 5) is 26.0. The molecule has 1 aliphatic rings. The molecule has 200 valence electrons. The Bertz CT molecular complexity index is 1360. The fourth-order valence-electron chi connectivity index (χ4n) is 4.56. The molecule has 0 saturated heterocycles.